The molecule has 3 aromatic rings. The zero-order chi connectivity index (χ0) is 18.6. The van der Waals surface area contributed by atoms with E-state index in [1.54, 1.807) is 18.5 Å². The second-order valence-corrected chi connectivity index (χ2v) is 6.45. The van der Waals surface area contributed by atoms with Crippen molar-refractivity contribution >= 4 is 16.7 Å². The molecule has 8 heteroatoms. The number of halogens is 1. The number of methoxy groups -OCH3 is 1. The number of hydrogen-bond donors (Lipinski definition) is 0. The standard InChI is InChI=1S/C19H21FN6O/c1-27-16-3-2-15-18(17(16)20)23-13-24-19(15)26-10-8-25(9-11-26)7-4-14-12-21-5-6-22-14/h2-3,5-6,12-13H,4,7-11H2,1H3. The molecule has 1 aliphatic rings. The Kier molecular flexibility index (Phi) is 5.06. The number of ether oxygens (including phenoxy) is 1. The first-order chi connectivity index (χ1) is 13.3. The molecule has 1 fully saturated rings. The highest BCUT2D eigenvalue weighted by Gasteiger charge is 2.21. The predicted molar refractivity (Wildman–Crippen MR) is 100 cm³/mol. The number of hydrogen-bond acceptors (Lipinski definition) is 7. The molecule has 0 radical (unpaired) electrons. The van der Waals surface area contributed by atoms with Gasteiger partial charge in [-0.1, -0.05) is 0 Å². The topological polar surface area (TPSA) is 67.3 Å². The summed E-state index contributed by atoms with van der Waals surface area (Å²) < 4.78 is 19.5. The van der Waals surface area contributed by atoms with Gasteiger partial charge in [-0.05, 0) is 12.1 Å². The summed E-state index contributed by atoms with van der Waals surface area (Å²) in [6, 6.07) is 3.45. The van der Waals surface area contributed by atoms with E-state index in [4.69, 9.17) is 4.74 Å². The van der Waals surface area contributed by atoms with E-state index in [9.17, 15) is 4.39 Å². The average Bonchev–Trinajstić information content (AvgIpc) is 2.73. The van der Waals surface area contributed by atoms with Gasteiger partial charge >= 0.3 is 0 Å². The largest absolute Gasteiger partial charge is 0.494 e. The first kappa shape index (κ1) is 17.5. The molecule has 4 rings (SSSR count). The van der Waals surface area contributed by atoms with Gasteiger partial charge in [-0.25, -0.2) is 14.4 Å². The van der Waals surface area contributed by atoms with Crippen LogP contribution in [0.5, 0.6) is 5.75 Å². The number of aromatic nitrogens is 4. The summed E-state index contributed by atoms with van der Waals surface area (Å²) in [4.78, 5) is 21.5. The molecule has 0 spiro atoms. The van der Waals surface area contributed by atoms with Crippen molar-refractivity contribution in [2.24, 2.45) is 0 Å². The SMILES string of the molecule is COc1ccc2c(N3CCN(CCc4cnccn4)CC3)ncnc2c1F. The van der Waals surface area contributed by atoms with Crippen LogP contribution < -0.4 is 9.64 Å². The Balaban J connectivity index is 1.44. The molecule has 0 N–H and O–H groups in total. The summed E-state index contributed by atoms with van der Waals surface area (Å²) in [5.41, 5.74) is 1.30. The van der Waals surface area contributed by atoms with Gasteiger partial charge in [-0.15, -0.1) is 0 Å². The fourth-order valence-electron chi connectivity index (χ4n) is 3.39. The van der Waals surface area contributed by atoms with Gasteiger partial charge in [0.1, 0.15) is 17.7 Å². The van der Waals surface area contributed by atoms with Crippen LogP contribution >= 0.6 is 0 Å². The van der Waals surface area contributed by atoms with E-state index >= 15 is 0 Å². The van der Waals surface area contributed by atoms with Crippen molar-refractivity contribution in [3.63, 3.8) is 0 Å². The van der Waals surface area contributed by atoms with Crippen molar-refractivity contribution in [2.45, 2.75) is 6.42 Å². The third kappa shape index (κ3) is 3.66. The van der Waals surface area contributed by atoms with Crippen LogP contribution in [-0.4, -0.2) is 64.7 Å². The lowest BCUT2D eigenvalue weighted by Crippen LogP contribution is -2.47. The van der Waals surface area contributed by atoms with Crippen LogP contribution in [0, 0.1) is 5.82 Å². The Hall–Kier alpha value is -2.87. The molecule has 0 amide bonds. The number of benzene rings is 1. The maximum Gasteiger partial charge on any atom is 0.191 e. The number of nitrogens with zero attached hydrogens (tertiary/aromatic N) is 6. The van der Waals surface area contributed by atoms with Crippen molar-refractivity contribution in [1.82, 2.24) is 24.8 Å². The van der Waals surface area contributed by atoms with Gasteiger partial charge in [0, 0.05) is 63.1 Å². The van der Waals surface area contributed by atoms with Crippen LogP contribution in [-0.2, 0) is 6.42 Å². The molecule has 1 saturated heterocycles. The van der Waals surface area contributed by atoms with E-state index in [1.807, 2.05) is 12.3 Å². The van der Waals surface area contributed by atoms with Crippen LogP contribution in [0.25, 0.3) is 10.9 Å². The number of anilines is 1. The van der Waals surface area contributed by atoms with Crippen LogP contribution in [0.1, 0.15) is 5.69 Å². The first-order valence-corrected chi connectivity index (χ1v) is 8.95. The highest BCUT2D eigenvalue weighted by atomic mass is 19.1. The molecule has 2 aromatic heterocycles. The van der Waals surface area contributed by atoms with Crippen molar-refractivity contribution < 1.29 is 9.13 Å². The molecule has 3 heterocycles. The van der Waals surface area contributed by atoms with E-state index in [1.165, 1.54) is 13.4 Å². The van der Waals surface area contributed by atoms with E-state index in [-0.39, 0.29) is 5.75 Å². The molecule has 1 aromatic carbocycles. The van der Waals surface area contributed by atoms with E-state index < -0.39 is 5.82 Å². The molecule has 0 saturated carbocycles. The molecule has 27 heavy (non-hydrogen) atoms. The van der Waals surface area contributed by atoms with Crippen LogP contribution in [0.2, 0.25) is 0 Å². The average molecular weight is 368 g/mol. The summed E-state index contributed by atoms with van der Waals surface area (Å²) in [5.74, 6) is 0.525. The summed E-state index contributed by atoms with van der Waals surface area (Å²) in [7, 11) is 1.45. The minimum Gasteiger partial charge on any atom is -0.494 e. The molecule has 0 aliphatic carbocycles. The summed E-state index contributed by atoms with van der Waals surface area (Å²) in [5, 5.41) is 0.712. The van der Waals surface area contributed by atoms with Gasteiger partial charge < -0.3 is 9.64 Å². The van der Waals surface area contributed by atoms with E-state index in [0.29, 0.717) is 10.9 Å². The van der Waals surface area contributed by atoms with Gasteiger partial charge in [0.25, 0.3) is 0 Å². The van der Waals surface area contributed by atoms with Gasteiger partial charge in [-0.3, -0.25) is 14.9 Å². The number of rotatable bonds is 5. The molecular weight excluding hydrogens is 347 g/mol. The Morgan fingerprint density at radius 2 is 1.93 bits per heavy atom. The minimum absolute atomic E-state index is 0.195. The van der Waals surface area contributed by atoms with Gasteiger partial charge in [0.15, 0.2) is 11.6 Å². The monoisotopic (exact) mass is 368 g/mol. The van der Waals surface area contributed by atoms with Crippen LogP contribution in [0.15, 0.2) is 37.1 Å². The molecule has 0 bridgehead atoms. The van der Waals surface area contributed by atoms with Gasteiger partial charge in [0.2, 0.25) is 0 Å². The lowest BCUT2D eigenvalue weighted by molar-refractivity contribution is 0.260. The summed E-state index contributed by atoms with van der Waals surface area (Å²) in [6.07, 6.45) is 7.52. The van der Waals surface area contributed by atoms with Crippen LogP contribution in [0.4, 0.5) is 10.2 Å². The fraction of sp³-hybridized carbons (Fsp3) is 0.368. The smallest absolute Gasteiger partial charge is 0.191 e. The Morgan fingerprint density at radius 1 is 1.07 bits per heavy atom. The van der Waals surface area contributed by atoms with E-state index in [0.717, 1.165) is 50.7 Å². The number of piperazine rings is 1. The maximum atomic E-state index is 14.5. The summed E-state index contributed by atoms with van der Waals surface area (Å²) >= 11 is 0. The Morgan fingerprint density at radius 3 is 2.67 bits per heavy atom. The third-order valence-corrected chi connectivity index (χ3v) is 4.88. The lowest BCUT2D eigenvalue weighted by Gasteiger charge is -2.35. The van der Waals surface area contributed by atoms with Crippen molar-refractivity contribution in [3.8, 4) is 5.75 Å². The predicted octanol–water partition coefficient (Wildman–Crippen LogP) is 1.93. The molecule has 140 valence electrons. The third-order valence-electron chi connectivity index (χ3n) is 4.88. The minimum atomic E-state index is -0.443. The van der Waals surface area contributed by atoms with Crippen LogP contribution in [0.3, 0.4) is 0 Å². The Labute approximate surface area is 156 Å². The highest BCUT2D eigenvalue weighted by molar-refractivity contribution is 5.90. The quantitative estimate of drug-likeness (QED) is 0.682. The zero-order valence-corrected chi connectivity index (χ0v) is 15.2. The first-order valence-electron chi connectivity index (χ1n) is 8.95. The number of fused-ring (bicyclic) bond motifs is 1. The Bertz CT molecular complexity index is 915. The highest BCUT2D eigenvalue weighted by Crippen LogP contribution is 2.30. The van der Waals surface area contributed by atoms with Crippen molar-refractivity contribution in [3.05, 3.63) is 48.6 Å². The second kappa shape index (κ2) is 7.79. The van der Waals surface area contributed by atoms with Crippen molar-refractivity contribution in [1.29, 1.82) is 0 Å². The fourth-order valence-corrected chi connectivity index (χ4v) is 3.39. The van der Waals surface area contributed by atoms with Crippen molar-refractivity contribution in [2.75, 3.05) is 44.7 Å². The van der Waals surface area contributed by atoms with E-state index in [2.05, 4.69) is 29.7 Å². The lowest BCUT2D eigenvalue weighted by atomic mass is 10.2. The van der Waals surface area contributed by atoms with Gasteiger partial charge in [0.05, 0.1) is 12.8 Å². The molecular formula is C19H21FN6O. The molecule has 7 nitrogen and oxygen atoms in total. The zero-order valence-electron chi connectivity index (χ0n) is 15.2. The summed E-state index contributed by atoms with van der Waals surface area (Å²) in [6.45, 7) is 4.46. The molecule has 0 atom stereocenters. The maximum absolute atomic E-state index is 14.5. The van der Waals surface area contributed by atoms with Gasteiger partial charge in [-0.2, -0.15) is 0 Å². The molecule has 1 aliphatic heterocycles. The normalized spacial score (nSPS) is 15.3. The second-order valence-electron chi connectivity index (χ2n) is 6.45. The molecule has 0 unspecified atom stereocenters.